The highest BCUT2D eigenvalue weighted by Gasteiger charge is 2.32. The fourth-order valence-corrected chi connectivity index (χ4v) is 2.40. The number of ether oxygens (including phenoxy) is 1. The summed E-state index contributed by atoms with van der Waals surface area (Å²) in [6, 6.07) is 8.82. The van der Waals surface area contributed by atoms with Gasteiger partial charge in [-0.1, -0.05) is 12.1 Å². The first-order valence-corrected chi connectivity index (χ1v) is 6.73. The third-order valence-electron chi connectivity index (χ3n) is 3.70. The summed E-state index contributed by atoms with van der Waals surface area (Å²) in [5.74, 6) is 0.118. The molecule has 1 aromatic carbocycles. The molecule has 0 aromatic heterocycles. The van der Waals surface area contributed by atoms with Crippen LogP contribution in [0.5, 0.6) is 5.75 Å². The first-order chi connectivity index (χ1) is 9.11. The van der Waals surface area contributed by atoms with Crippen molar-refractivity contribution in [3.05, 3.63) is 29.8 Å². The Morgan fingerprint density at radius 3 is 2.53 bits per heavy atom. The van der Waals surface area contributed by atoms with Crippen LogP contribution in [-0.2, 0) is 4.79 Å². The van der Waals surface area contributed by atoms with Gasteiger partial charge in [-0.15, -0.1) is 0 Å². The molecule has 104 valence electrons. The fourth-order valence-electron chi connectivity index (χ4n) is 2.40. The number of nitrogens with zero attached hydrogens (tertiary/aromatic N) is 1. The molecule has 1 aliphatic carbocycles. The molecule has 0 heterocycles. The van der Waals surface area contributed by atoms with E-state index in [4.69, 9.17) is 9.84 Å². The van der Waals surface area contributed by atoms with Gasteiger partial charge in [0.25, 0.3) is 0 Å². The van der Waals surface area contributed by atoms with Crippen LogP contribution in [0.15, 0.2) is 24.3 Å². The van der Waals surface area contributed by atoms with Crippen LogP contribution in [0, 0.1) is 0 Å². The zero-order chi connectivity index (χ0) is 13.8. The van der Waals surface area contributed by atoms with Crippen LogP contribution in [0.25, 0.3) is 0 Å². The molecule has 1 aromatic rings. The standard InChI is InChI=1S/C15H21NO3/c1-11(12-3-7-14(19-2)8-4-12)16(13-5-6-13)10-9-15(17)18/h3-4,7-8,11,13H,5-6,9-10H2,1-2H3,(H,17,18). The van der Waals surface area contributed by atoms with E-state index in [1.165, 1.54) is 18.4 Å². The van der Waals surface area contributed by atoms with Crippen molar-refractivity contribution in [2.45, 2.75) is 38.3 Å². The predicted molar refractivity (Wildman–Crippen MR) is 73.4 cm³/mol. The van der Waals surface area contributed by atoms with E-state index in [1.54, 1.807) is 7.11 Å². The third kappa shape index (κ3) is 3.70. The van der Waals surface area contributed by atoms with Gasteiger partial charge in [-0.3, -0.25) is 9.69 Å². The van der Waals surface area contributed by atoms with Crippen molar-refractivity contribution in [1.29, 1.82) is 0 Å². The van der Waals surface area contributed by atoms with Crippen LogP contribution in [0.3, 0.4) is 0 Å². The second-order valence-electron chi connectivity index (χ2n) is 5.06. The lowest BCUT2D eigenvalue weighted by Crippen LogP contribution is -2.31. The summed E-state index contributed by atoms with van der Waals surface area (Å²) in [7, 11) is 1.65. The summed E-state index contributed by atoms with van der Waals surface area (Å²) in [6.07, 6.45) is 2.57. The quantitative estimate of drug-likeness (QED) is 0.821. The summed E-state index contributed by atoms with van der Waals surface area (Å²) < 4.78 is 5.16. The van der Waals surface area contributed by atoms with Crippen molar-refractivity contribution in [1.82, 2.24) is 4.90 Å². The molecule has 1 unspecified atom stereocenters. The van der Waals surface area contributed by atoms with E-state index in [9.17, 15) is 4.79 Å². The molecule has 19 heavy (non-hydrogen) atoms. The maximum absolute atomic E-state index is 10.7. The average Bonchev–Trinajstić information content (AvgIpc) is 3.23. The van der Waals surface area contributed by atoms with Crippen molar-refractivity contribution in [2.75, 3.05) is 13.7 Å². The smallest absolute Gasteiger partial charge is 0.304 e. The molecule has 0 bridgehead atoms. The molecule has 1 atom stereocenters. The topological polar surface area (TPSA) is 49.8 Å². The van der Waals surface area contributed by atoms with E-state index in [0.717, 1.165) is 5.75 Å². The number of rotatable bonds is 7. The van der Waals surface area contributed by atoms with Gasteiger partial charge in [0.15, 0.2) is 0 Å². The summed E-state index contributed by atoms with van der Waals surface area (Å²) in [5.41, 5.74) is 1.21. The number of benzene rings is 1. The van der Waals surface area contributed by atoms with Crippen LogP contribution in [0.4, 0.5) is 0 Å². The number of carboxylic acid groups (broad SMARTS) is 1. The van der Waals surface area contributed by atoms with Gasteiger partial charge in [-0.05, 0) is 37.5 Å². The molecule has 0 saturated heterocycles. The Kier molecular flexibility index (Phi) is 4.43. The van der Waals surface area contributed by atoms with Crippen molar-refractivity contribution in [3.63, 3.8) is 0 Å². The first-order valence-electron chi connectivity index (χ1n) is 6.73. The van der Waals surface area contributed by atoms with Crippen LogP contribution >= 0.6 is 0 Å². The number of aliphatic carboxylic acids is 1. The Balaban J connectivity index is 2.04. The van der Waals surface area contributed by atoms with Gasteiger partial charge >= 0.3 is 5.97 Å². The van der Waals surface area contributed by atoms with Gasteiger partial charge in [0.2, 0.25) is 0 Å². The van der Waals surface area contributed by atoms with Gasteiger partial charge in [0, 0.05) is 18.6 Å². The van der Waals surface area contributed by atoms with Crippen LogP contribution in [0.2, 0.25) is 0 Å². The van der Waals surface area contributed by atoms with E-state index >= 15 is 0 Å². The van der Waals surface area contributed by atoms with Crippen molar-refractivity contribution >= 4 is 5.97 Å². The monoisotopic (exact) mass is 263 g/mol. The van der Waals surface area contributed by atoms with E-state index in [-0.39, 0.29) is 12.5 Å². The lowest BCUT2D eigenvalue weighted by Gasteiger charge is -2.29. The van der Waals surface area contributed by atoms with Gasteiger partial charge in [-0.25, -0.2) is 0 Å². The maximum atomic E-state index is 10.7. The number of carboxylic acids is 1. The maximum Gasteiger partial charge on any atom is 0.304 e. The van der Waals surface area contributed by atoms with Crippen LogP contribution in [0.1, 0.15) is 37.8 Å². The second-order valence-corrected chi connectivity index (χ2v) is 5.06. The van der Waals surface area contributed by atoms with Crippen molar-refractivity contribution in [3.8, 4) is 5.75 Å². The van der Waals surface area contributed by atoms with Gasteiger partial charge in [0.05, 0.1) is 13.5 Å². The summed E-state index contributed by atoms with van der Waals surface area (Å²) >= 11 is 0. The minimum Gasteiger partial charge on any atom is -0.497 e. The minimum atomic E-state index is -0.729. The molecule has 0 radical (unpaired) electrons. The normalized spacial score (nSPS) is 16.4. The molecule has 1 N–H and O–H groups in total. The predicted octanol–water partition coefficient (Wildman–Crippen LogP) is 2.70. The van der Waals surface area contributed by atoms with Gasteiger partial charge < -0.3 is 9.84 Å². The Bertz CT molecular complexity index is 426. The van der Waals surface area contributed by atoms with Gasteiger partial charge in [0.1, 0.15) is 5.75 Å². The van der Waals surface area contributed by atoms with E-state index in [2.05, 4.69) is 24.0 Å². The zero-order valence-corrected chi connectivity index (χ0v) is 11.5. The lowest BCUT2D eigenvalue weighted by atomic mass is 10.1. The van der Waals surface area contributed by atoms with Crippen LogP contribution < -0.4 is 4.74 Å². The molecule has 1 aliphatic rings. The van der Waals surface area contributed by atoms with E-state index in [0.29, 0.717) is 12.6 Å². The number of carbonyl (C=O) groups is 1. The SMILES string of the molecule is COc1ccc(C(C)N(CCC(=O)O)C2CC2)cc1. The van der Waals surface area contributed by atoms with E-state index < -0.39 is 5.97 Å². The Morgan fingerprint density at radius 1 is 1.42 bits per heavy atom. The van der Waals surface area contributed by atoms with E-state index in [1.807, 2.05) is 12.1 Å². The third-order valence-corrected chi connectivity index (χ3v) is 3.70. The molecule has 0 aliphatic heterocycles. The highest BCUT2D eigenvalue weighted by molar-refractivity contribution is 5.66. The molecular weight excluding hydrogens is 242 g/mol. The zero-order valence-electron chi connectivity index (χ0n) is 11.5. The lowest BCUT2D eigenvalue weighted by molar-refractivity contribution is -0.137. The highest BCUT2D eigenvalue weighted by atomic mass is 16.5. The minimum absolute atomic E-state index is 0.205. The number of methoxy groups -OCH3 is 1. The van der Waals surface area contributed by atoms with Crippen molar-refractivity contribution < 1.29 is 14.6 Å². The summed E-state index contributed by atoms with van der Waals surface area (Å²) in [6.45, 7) is 2.76. The number of hydrogen-bond donors (Lipinski definition) is 1. The summed E-state index contributed by atoms with van der Waals surface area (Å²) in [4.78, 5) is 13.0. The molecule has 0 spiro atoms. The van der Waals surface area contributed by atoms with Gasteiger partial charge in [-0.2, -0.15) is 0 Å². The molecule has 4 nitrogen and oxygen atoms in total. The summed E-state index contributed by atoms with van der Waals surface area (Å²) in [5, 5.41) is 8.84. The Hall–Kier alpha value is -1.55. The van der Waals surface area contributed by atoms with Crippen LogP contribution in [-0.4, -0.2) is 35.7 Å². The average molecular weight is 263 g/mol. The Labute approximate surface area is 114 Å². The molecule has 1 saturated carbocycles. The molecule has 4 heteroatoms. The fraction of sp³-hybridized carbons (Fsp3) is 0.533. The Morgan fingerprint density at radius 2 is 2.05 bits per heavy atom. The highest BCUT2D eigenvalue weighted by Crippen LogP contribution is 2.34. The largest absolute Gasteiger partial charge is 0.497 e. The molecular formula is C15H21NO3. The molecule has 0 amide bonds. The second kappa shape index (κ2) is 6.06. The number of hydrogen-bond acceptors (Lipinski definition) is 3. The molecule has 1 fully saturated rings. The molecule has 2 rings (SSSR count). The van der Waals surface area contributed by atoms with Crippen molar-refractivity contribution in [2.24, 2.45) is 0 Å². The first kappa shape index (κ1) is 13.9.